The van der Waals surface area contributed by atoms with Crippen LogP contribution in [0.1, 0.15) is 21.8 Å². The standard InChI is InChI=1S/C12H18N4O3/c1-7-10(8(2)19-15-7)12(18)16-5-4-14-6-9(16)11(17)13-3/h9,14H,4-6H2,1-3H3,(H,13,17). The highest BCUT2D eigenvalue weighted by atomic mass is 16.5. The number of nitrogens with one attached hydrogen (secondary N) is 2. The lowest BCUT2D eigenvalue weighted by Gasteiger charge is -2.34. The molecule has 7 nitrogen and oxygen atoms in total. The Bertz CT molecular complexity index is 478. The first-order valence-corrected chi connectivity index (χ1v) is 6.22. The lowest BCUT2D eigenvalue weighted by molar-refractivity contribution is -0.125. The molecule has 2 rings (SSSR count). The van der Waals surface area contributed by atoms with Gasteiger partial charge >= 0.3 is 0 Å². The van der Waals surface area contributed by atoms with Crippen molar-refractivity contribution in [1.29, 1.82) is 0 Å². The van der Waals surface area contributed by atoms with E-state index in [1.165, 1.54) is 0 Å². The van der Waals surface area contributed by atoms with E-state index in [0.29, 0.717) is 36.7 Å². The van der Waals surface area contributed by atoms with E-state index in [4.69, 9.17) is 4.52 Å². The summed E-state index contributed by atoms with van der Waals surface area (Å²) in [5.74, 6) is 0.107. The van der Waals surface area contributed by atoms with E-state index in [1.807, 2.05) is 0 Å². The normalized spacial score (nSPS) is 19.3. The van der Waals surface area contributed by atoms with Crippen LogP contribution in [0.2, 0.25) is 0 Å². The third-order valence-corrected chi connectivity index (χ3v) is 3.30. The van der Waals surface area contributed by atoms with Gasteiger partial charge in [0, 0.05) is 26.7 Å². The number of carbonyl (C=O) groups is 2. The van der Waals surface area contributed by atoms with Crippen molar-refractivity contribution in [2.24, 2.45) is 0 Å². The van der Waals surface area contributed by atoms with Crippen LogP contribution in [0.15, 0.2) is 4.52 Å². The maximum Gasteiger partial charge on any atom is 0.260 e. The zero-order valence-electron chi connectivity index (χ0n) is 11.3. The first-order valence-electron chi connectivity index (χ1n) is 6.22. The smallest absolute Gasteiger partial charge is 0.260 e. The van der Waals surface area contributed by atoms with Crippen LogP contribution in [-0.2, 0) is 4.79 Å². The maximum atomic E-state index is 12.6. The summed E-state index contributed by atoms with van der Waals surface area (Å²) >= 11 is 0. The summed E-state index contributed by atoms with van der Waals surface area (Å²) in [7, 11) is 1.56. The lowest BCUT2D eigenvalue weighted by Crippen LogP contribution is -2.59. The number of hydrogen-bond acceptors (Lipinski definition) is 5. The molecule has 2 amide bonds. The summed E-state index contributed by atoms with van der Waals surface area (Å²) in [5, 5.41) is 9.48. The molecule has 1 aromatic rings. The molecule has 104 valence electrons. The molecular weight excluding hydrogens is 248 g/mol. The fraction of sp³-hybridized carbons (Fsp3) is 0.583. The predicted molar refractivity (Wildman–Crippen MR) is 67.7 cm³/mol. The summed E-state index contributed by atoms with van der Waals surface area (Å²) in [6.45, 7) is 5.03. The molecule has 2 heterocycles. The van der Waals surface area contributed by atoms with Crippen molar-refractivity contribution < 1.29 is 14.1 Å². The third kappa shape index (κ3) is 2.46. The third-order valence-electron chi connectivity index (χ3n) is 3.30. The quantitative estimate of drug-likeness (QED) is 0.750. The number of amides is 2. The van der Waals surface area contributed by atoms with Gasteiger partial charge in [-0.05, 0) is 13.8 Å². The SMILES string of the molecule is CNC(=O)C1CNCCN1C(=O)c1c(C)noc1C. The van der Waals surface area contributed by atoms with Gasteiger partial charge in [0.05, 0.1) is 5.69 Å². The average Bonchev–Trinajstić information content (AvgIpc) is 2.76. The summed E-state index contributed by atoms with van der Waals surface area (Å²) < 4.78 is 5.02. The number of carbonyl (C=O) groups excluding carboxylic acids is 2. The van der Waals surface area contributed by atoms with Crippen molar-refractivity contribution >= 4 is 11.8 Å². The zero-order chi connectivity index (χ0) is 14.0. The molecule has 0 aromatic carbocycles. The Balaban J connectivity index is 2.28. The number of aromatic nitrogens is 1. The number of piperazine rings is 1. The van der Waals surface area contributed by atoms with Crippen molar-refractivity contribution in [1.82, 2.24) is 20.7 Å². The first-order chi connectivity index (χ1) is 9.06. The van der Waals surface area contributed by atoms with E-state index >= 15 is 0 Å². The Morgan fingerprint density at radius 3 is 2.79 bits per heavy atom. The molecule has 0 saturated carbocycles. The number of likely N-dealkylation sites (N-methyl/N-ethyl adjacent to an activating group) is 1. The van der Waals surface area contributed by atoms with Crippen molar-refractivity contribution in [2.75, 3.05) is 26.7 Å². The lowest BCUT2D eigenvalue weighted by atomic mass is 10.1. The largest absolute Gasteiger partial charge is 0.361 e. The van der Waals surface area contributed by atoms with Gasteiger partial charge in [0.25, 0.3) is 5.91 Å². The number of nitrogens with zero attached hydrogens (tertiary/aromatic N) is 2. The van der Waals surface area contributed by atoms with Gasteiger partial charge < -0.3 is 20.1 Å². The van der Waals surface area contributed by atoms with E-state index in [1.54, 1.807) is 25.8 Å². The Labute approximate surface area is 111 Å². The molecule has 1 fully saturated rings. The Kier molecular flexibility index (Phi) is 3.84. The molecular formula is C12H18N4O3. The second-order valence-electron chi connectivity index (χ2n) is 4.53. The van der Waals surface area contributed by atoms with E-state index < -0.39 is 6.04 Å². The molecule has 2 N–H and O–H groups in total. The predicted octanol–water partition coefficient (Wildman–Crippen LogP) is -0.549. The Morgan fingerprint density at radius 2 is 2.21 bits per heavy atom. The minimum atomic E-state index is -0.500. The van der Waals surface area contributed by atoms with Crippen LogP contribution in [0.4, 0.5) is 0 Å². The van der Waals surface area contributed by atoms with E-state index in [2.05, 4.69) is 15.8 Å². The molecule has 1 aromatic heterocycles. The van der Waals surface area contributed by atoms with Gasteiger partial charge in [0.2, 0.25) is 5.91 Å². The van der Waals surface area contributed by atoms with Crippen LogP contribution in [0, 0.1) is 13.8 Å². The molecule has 0 spiro atoms. The zero-order valence-corrected chi connectivity index (χ0v) is 11.3. The van der Waals surface area contributed by atoms with Gasteiger partial charge in [0.1, 0.15) is 17.4 Å². The summed E-state index contributed by atoms with van der Waals surface area (Å²) in [4.78, 5) is 26.0. The first kappa shape index (κ1) is 13.5. The van der Waals surface area contributed by atoms with Gasteiger partial charge in [-0.25, -0.2) is 0 Å². The van der Waals surface area contributed by atoms with Gasteiger partial charge in [0.15, 0.2) is 0 Å². The van der Waals surface area contributed by atoms with Gasteiger partial charge in [-0.1, -0.05) is 5.16 Å². The van der Waals surface area contributed by atoms with Crippen LogP contribution in [-0.4, -0.2) is 54.6 Å². The molecule has 1 atom stereocenters. The van der Waals surface area contributed by atoms with Gasteiger partial charge in [-0.2, -0.15) is 0 Å². The average molecular weight is 266 g/mol. The number of rotatable bonds is 2. The molecule has 1 aliphatic rings. The van der Waals surface area contributed by atoms with Crippen LogP contribution >= 0.6 is 0 Å². The van der Waals surface area contributed by atoms with Crippen LogP contribution in [0.25, 0.3) is 0 Å². The molecule has 1 aliphatic heterocycles. The van der Waals surface area contributed by atoms with Gasteiger partial charge in [-0.15, -0.1) is 0 Å². The van der Waals surface area contributed by atoms with Crippen molar-refractivity contribution in [3.63, 3.8) is 0 Å². The fourth-order valence-corrected chi connectivity index (χ4v) is 2.28. The highest BCUT2D eigenvalue weighted by molar-refractivity contribution is 5.99. The van der Waals surface area contributed by atoms with Gasteiger partial charge in [-0.3, -0.25) is 9.59 Å². The Hall–Kier alpha value is -1.89. The second-order valence-corrected chi connectivity index (χ2v) is 4.53. The van der Waals surface area contributed by atoms with Crippen molar-refractivity contribution in [3.05, 3.63) is 17.0 Å². The minimum absolute atomic E-state index is 0.174. The maximum absolute atomic E-state index is 12.6. The molecule has 0 aliphatic carbocycles. The monoisotopic (exact) mass is 266 g/mol. The summed E-state index contributed by atoms with van der Waals surface area (Å²) in [6, 6.07) is -0.500. The van der Waals surface area contributed by atoms with Crippen LogP contribution < -0.4 is 10.6 Å². The Morgan fingerprint density at radius 1 is 1.47 bits per heavy atom. The molecule has 1 saturated heterocycles. The molecule has 7 heteroatoms. The van der Waals surface area contributed by atoms with E-state index in [9.17, 15) is 9.59 Å². The van der Waals surface area contributed by atoms with E-state index in [0.717, 1.165) is 0 Å². The topological polar surface area (TPSA) is 87.5 Å². The highest BCUT2D eigenvalue weighted by Gasteiger charge is 2.34. The molecule has 1 unspecified atom stereocenters. The second kappa shape index (κ2) is 5.40. The van der Waals surface area contributed by atoms with Crippen LogP contribution in [0.3, 0.4) is 0 Å². The number of hydrogen-bond donors (Lipinski definition) is 2. The molecule has 0 bridgehead atoms. The fourth-order valence-electron chi connectivity index (χ4n) is 2.28. The summed E-state index contributed by atoms with van der Waals surface area (Å²) in [5.41, 5.74) is 1.01. The van der Waals surface area contributed by atoms with Crippen LogP contribution in [0.5, 0.6) is 0 Å². The van der Waals surface area contributed by atoms with E-state index in [-0.39, 0.29) is 11.8 Å². The van der Waals surface area contributed by atoms with Crippen molar-refractivity contribution in [3.8, 4) is 0 Å². The number of aryl methyl sites for hydroxylation is 2. The van der Waals surface area contributed by atoms with Crippen molar-refractivity contribution in [2.45, 2.75) is 19.9 Å². The molecule has 0 radical (unpaired) electrons. The minimum Gasteiger partial charge on any atom is -0.361 e. The highest BCUT2D eigenvalue weighted by Crippen LogP contribution is 2.17. The molecule has 19 heavy (non-hydrogen) atoms. The summed E-state index contributed by atoms with van der Waals surface area (Å²) in [6.07, 6.45) is 0.